The van der Waals surface area contributed by atoms with Crippen LogP contribution in [-0.4, -0.2) is 42.7 Å². The fraction of sp³-hybridized carbons (Fsp3) is 0.519. The van der Waals surface area contributed by atoms with E-state index in [1.54, 1.807) is 18.3 Å². The second kappa shape index (κ2) is 10.5. The number of alkyl halides is 1. The number of amides is 2. The van der Waals surface area contributed by atoms with Crippen molar-refractivity contribution in [2.24, 2.45) is 23.5 Å². The summed E-state index contributed by atoms with van der Waals surface area (Å²) in [6.07, 6.45) is 5.07. The first kappa shape index (κ1) is 24.8. The highest BCUT2D eigenvalue weighted by Crippen LogP contribution is 2.34. The number of benzene rings is 1. The summed E-state index contributed by atoms with van der Waals surface area (Å²) in [6, 6.07) is 2.86. The van der Waals surface area contributed by atoms with Crippen molar-refractivity contribution >= 4 is 22.6 Å². The Morgan fingerprint density at radius 2 is 2.00 bits per heavy atom. The van der Waals surface area contributed by atoms with Crippen molar-refractivity contribution in [1.29, 1.82) is 0 Å². The van der Waals surface area contributed by atoms with E-state index in [0.717, 1.165) is 18.8 Å². The normalized spacial score (nSPS) is 26.1. The number of hydrogen-bond acceptors (Lipinski definition) is 5. The lowest BCUT2D eigenvalue weighted by Gasteiger charge is -2.22. The summed E-state index contributed by atoms with van der Waals surface area (Å²) in [4.78, 5) is 28.3. The molecule has 1 aromatic heterocycles. The molecular formula is C27H32FN3O4. The number of methoxy groups -OCH3 is 1. The number of ether oxygens (including phenoxy) is 2. The maximum Gasteiger partial charge on any atom is 0.255 e. The monoisotopic (exact) mass is 481 g/mol. The molecular weight excluding hydrogens is 449 g/mol. The van der Waals surface area contributed by atoms with Crippen LogP contribution in [0.3, 0.4) is 0 Å². The number of primary amides is 1. The van der Waals surface area contributed by atoms with Gasteiger partial charge in [-0.1, -0.05) is 25.7 Å². The summed E-state index contributed by atoms with van der Waals surface area (Å²) < 4.78 is 25.6. The van der Waals surface area contributed by atoms with Crippen molar-refractivity contribution < 1.29 is 23.5 Å². The highest BCUT2D eigenvalue weighted by molar-refractivity contribution is 6.03. The van der Waals surface area contributed by atoms with Crippen LogP contribution in [0.25, 0.3) is 10.8 Å². The smallest absolute Gasteiger partial charge is 0.255 e. The first-order chi connectivity index (χ1) is 16.8. The Hall–Kier alpha value is -3.34. The second-order valence-electron chi connectivity index (χ2n) is 9.57. The predicted molar refractivity (Wildman–Crippen MR) is 131 cm³/mol. The molecule has 3 N–H and O–H groups in total. The minimum Gasteiger partial charge on any atom is -0.496 e. The van der Waals surface area contributed by atoms with Gasteiger partial charge in [0, 0.05) is 28.8 Å². The molecule has 2 heterocycles. The van der Waals surface area contributed by atoms with Crippen LogP contribution < -0.4 is 20.5 Å². The summed E-state index contributed by atoms with van der Waals surface area (Å²) in [5.74, 6) is 6.61. The van der Waals surface area contributed by atoms with E-state index in [4.69, 9.17) is 15.2 Å². The van der Waals surface area contributed by atoms with E-state index in [1.165, 1.54) is 20.0 Å². The molecule has 1 saturated carbocycles. The molecule has 2 fully saturated rings. The number of nitrogens with one attached hydrogen (secondary N) is 1. The van der Waals surface area contributed by atoms with Gasteiger partial charge in [-0.3, -0.25) is 9.59 Å². The molecule has 0 bridgehead atoms. The van der Waals surface area contributed by atoms with Crippen LogP contribution >= 0.6 is 0 Å². The third kappa shape index (κ3) is 5.19. The molecule has 1 aliphatic carbocycles. The number of nitrogens with zero attached hydrogens (tertiary/aromatic N) is 1. The fourth-order valence-corrected chi connectivity index (χ4v) is 5.00. The van der Waals surface area contributed by atoms with Gasteiger partial charge in [0.25, 0.3) is 11.8 Å². The van der Waals surface area contributed by atoms with E-state index in [0.29, 0.717) is 34.4 Å². The number of hydrogen-bond donors (Lipinski definition) is 2. The molecule has 1 aliphatic heterocycles. The number of halogens is 1. The average Bonchev–Trinajstić information content (AvgIpc) is 3.13. The minimum absolute atomic E-state index is 0.0674. The number of fused-ring (bicyclic) bond motifs is 1. The molecule has 2 aromatic rings. The Morgan fingerprint density at radius 3 is 2.66 bits per heavy atom. The molecule has 2 amide bonds. The fourth-order valence-electron chi connectivity index (χ4n) is 5.00. The van der Waals surface area contributed by atoms with Gasteiger partial charge in [-0.15, -0.1) is 0 Å². The van der Waals surface area contributed by atoms with Crippen LogP contribution in [0.15, 0.2) is 18.3 Å². The quantitative estimate of drug-likeness (QED) is 0.612. The van der Waals surface area contributed by atoms with Crippen LogP contribution in [0, 0.1) is 29.6 Å². The van der Waals surface area contributed by atoms with Gasteiger partial charge < -0.3 is 20.5 Å². The summed E-state index contributed by atoms with van der Waals surface area (Å²) >= 11 is 0. The van der Waals surface area contributed by atoms with E-state index in [-0.39, 0.29) is 18.1 Å². The van der Waals surface area contributed by atoms with Gasteiger partial charge in [-0.05, 0) is 50.2 Å². The second-order valence-corrected chi connectivity index (χ2v) is 9.57. The van der Waals surface area contributed by atoms with Gasteiger partial charge in [0.1, 0.15) is 12.4 Å². The molecule has 1 unspecified atom stereocenters. The molecule has 35 heavy (non-hydrogen) atoms. The molecule has 1 aromatic carbocycles. The number of aromatic nitrogens is 1. The zero-order chi connectivity index (χ0) is 25.1. The van der Waals surface area contributed by atoms with Crippen LogP contribution in [0.1, 0.15) is 61.9 Å². The Labute approximate surface area is 204 Å². The Balaban J connectivity index is 1.69. The molecule has 4 rings (SSSR count). The van der Waals surface area contributed by atoms with Crippen LogP contribution in [-0.2, 0) is 4.79 Å². The molecule has 0 radical (unpaired) electrons. The molecule has 3 atom stereocenters. The maximum absolute atomic E-state index is 14.2. The van der Waals surface area contributed by atoms with Crippen LogP contribution in [0.2, 0.25) is 0 Å². The van der Waals surface area contributed by atoms with Crippen LogP contribution in [0.4, 0.5) is 4.39 Å². The van der Waals surface area contributed by atoms with E-state index in [2.05, 4.69) is 29.1 Å². The molecule has 7 nitrogen and oxygen atoms in total. The third-order valence-corrected chi connectivity index (χ3v) is 7.21. The number of carbonyl (C=O) groups is 2. The van der Waals surface area contributed by atoms with E-state index in [1.807, 2.05) is 6.92 Å². The van der Waals surface area contributed by atoms with E-state index >= 15 is 0 Å². The standard InChI is InChI=1S/C27H32FN3O4/c1-4-18-22(31-26(33)24(18)28)14-35-27-20-12-23(34-3)21(25(29)32)11-19(20)17(13-30-27)10-9-16-7-5-15(2)6-8-16/h11-13,15-16,18,22,24H,4-8,14H2,1-3H3,(H2,29,32)(H,31,33)/t15?,16?,18?,22-,24+/m1/s1. The number of pyridine rings is 1. The molecule has 0 spiro atoms. The SMILES string of the molecule is CCC1[C@H](F)C(=O)N[C@@H]1COc1ncc(C#CC2CCC(C)CC2)c2cc(C(N)=O)c(OC)cc12. The lowest BCUT2D eigenvalue weighted by Crippen LogP contribution is -2.34. The zero-order valence-electron chi connectivity index (χ0n) is 20.4. The van der Waals surface area contributed by atoms with Gasteiger partial charge in [0.05, 0.1) is 24.3 Å². The number of rotatable bonds is 6. The summed E-state index contributed by atoms with van der Waals surface area (Å²) in [5.41, 5.74) is 6.50. The van der Waals surface area contributed by atoms with Crippen molar-refractivity contribution in [1.82, 2.24) is 10.3 Å². The summed E-state index contributed by atoms with van der Waals surface area (Å²) in [6.45, 7) is 4.18. The summed E-state index contributed by atoms with van der Waals surface area (Å²) in [7, 11) is 1.45. The molecule has 1 saturated heterocycles. The average molecular weight is 482 g/mol. The van der Waals surface area contributed by atoms with Crippen molar-refractivity contribution in [3.05, 3.63) is 29.5 Å². The van der Waals surface area contributed by atoms with Crippen molar-refractivity contribution in [2.75, 3.05) is 13.7 Å². The van der Waals surface area contributed by atoms with Crippen molar-refractivity contribution in [3.8, 4) is 23.5 Å². The van der Waals surface area contributed by atoms with Gasteiger partial charge in [0.15, 0.2) is 6.17 Å². The predicted octanol–water partition coefficient (Wildman–Crippen LogP) is 3.76. The van der Waals surface area contributed by atoms with Crippen LogP contribution in [0.5, 0.6) is 11.6 Å². The highest BCUT2D eigenvalue weighted by atomic mass is 19.1. The molecule has 2 aliphatic rings. The first-order valence-corrected chi connectivity index (χ1v) is 12.2. The number of nitrogens with two attached hydrogens (primary N) is 1. The lowest BCUT2D eigenvalue weighted by molar-refractivity contribution is -0.123. The Morgan fingerprint density at radius 1 is 1.26 bits per heavy atom. The Bertz CT molecular complexity index is 1180. The topological polar surface area (TPSA) is 104 Å². The highest BCUT2D eigenvalue weighted by Gasteiger charge is 2.41. The van der Waals surface area contributed by atoms with Gasteiger partial charge in [-0.25, -0.2) is 9.37 Å². The van der Waals surface area contributed by atoms with E-state index in [9.17, 15) is 14.0 Å². The van der Waals surface area contributed by atoms with Gasteiger partial charge in [-0.2, -0.15) is 0 Å². The van der Waals surface area contributed by atoms with Crippen molar-refractivity contribution in [3.63, 3.8) is 0 Å². The third-order valence-electron chi connectivity index (χ3n) is 7.21. The molecule has 186 valence electrons. The van der Waals surface area contributed by atoms with Crippen molar-refractivity contribution in [2.45, 2.75) is 58.2 Å². The van der Waals surface area contributed by atoms with E-state index < -0.39 is 29.9 Å². The maximum atomic E-state index is 14.2. The lowest BCUT2D eigenvalue weighted by atomic mass is 9.83. The summed E-state index contributed by atoms with van der Waals surface area (Å²) in [5, 5.41) is 3.94. The largest absolute Gasteiger partial charge is 0.496 e. The number of carbonyl (C=O) groups excluding carboxylic acids is 2. The first-order valence-electron chi connectivity index (χ1n) is 12.2. The molecule has 8 heteroatoms. The zero-order valence-corrected chi connectivity index (χ0v) is 20.4. The van der Waals surface area contributed by atoms with Gasteiger partial charge >= 0.3 is 0 Å². The minimum atomic E-state index is -1.54. The Kier molecular flexibility index (Phi) is 7.44. The van der Waals surface area contributed by atoms with Gasteiger partial charge in [0.2, 0.25) is 5.88 Å².